The minimum absolute atomic E-state index is 0.0907. The van der Waals surface area contributed by atoms with Gasteiger partial charge in [0, 0.05) is 69.3 Å². The van der Waals surface area contributed by atoms with Crippen molar-refractivity contribution in [2.24, 2.45) is 0 Å². The van der Waals surface area contributed by atoms with Crippen LogP contribution in [0.4, 0.5) is 21.9 Å². The third-order valence-corrected chi connectivity index (χ3v) is 11.0. The van der Waals surface area contributed by atoms with Gasteiger partial charge >= 0.3 is 6.03 Å². The van der Waals surface area contributed by atoms with Crippen molar-refractivity contribution in [3.8, 4) is 11.5 Å². The molecule has 3 aliphatic heterocycles. The first-order valence-corrected chi connectivity index (χ1v) is 20.0. The van der Waals surface area contributed by atoms with Crippen LogP contribution in [0, 0.1) is 6.92 Å². The first-order valence-electron chi connectivity index (χ1n) is 20.0. The highest BCUT2D eigenvalue weighted by Gasteiger charge is 2.39. The summed E-state index contributed by atoms with van der Waals surface area (Å²) < 4.78 is 7.23. The number of amides is 6. The summed E-state index contributed by atoms with van der Waals surface area (Å²) in [5, 5.41) is 16.5. The molecule has 2 saturated heterocycles. The van der Waals surface area contributed by atoms with Crippen molar-refractivity contribution in [3.63, 3.8) is 0 Å². The number of anilines is 3. The smallest absolute Gasteiger partial charge is 0.323 e. The van der Waals surface area contributed by atoms with E-state index in [-0.39, 0.29) is 30.1 Å². The Labute approximate surface area is 339 Å². The molecule has 59 heavy (non-hydrogen) atoms. The molecule has 0 radical (unpaired) electrons. The number of carbonyl (C=O) groups is 5. The molecule has 2 fully saturated rings. The number of aromatic nitrogens is 6. The predicted octanol–water partition coefficient (Wildman–Crippen LogP) is 4.46. The van der Waals surface area contributed by atoms with E-state index in [1.165, 1.54) is 0 Å². The molecule has 1 aromatic carbocycles. The predicted molar refractivity (Wildman–Crippen MR) is 215 cm³/mol. The molecule has 18 heteroatoms. The summed E-state index contributed by atoms with van der Waals surface area (Å²) >= 11 is 0. The van der Waals surface area contributed by atoms with Gasteiger partial charge in [0.15, 0.2) is 5.65 Å². The van der Waals surface area contributed by atoms with Crippen molar-refractivity contribution >= 4 is 52.4 Å². The summed E-state index contributed by atoms with van der Waals surface area (Å²) in [4.78, 5) is 82.2. The molecule has 7 heterocycles. The zero-order valence-corrected chi connectivity index (χ0v) is 33.2. The normalized spacial score (nSPS) is 16.8. The monoisotopic (exact) mass is 802 g/mol. The Kier molecular flexibility index (Phi) is 11.0. The summed E-state index contributed by atoms with van der Waals surface area (Å²) in [6.07, 6.45) is 8.80. The van der Waals surface area contributed by atoms with E-state index in [9.17, 15) is 24.0 Å². The molecule has 3 aliphatic rings. The molecule has 0 spiro atoms. The van der Waals surface area contributed by atoms with Crippen molar-refractivity contribution in [2.45, 2.75) is 84.2 Å². The number of unbranched alkanes of at least 4 members (excludes halogenated alkanes) is 2. The molecule has 5 aromatic rings. The van der Waals surface area contributed by atoms with E-state index in [2.05, 4.69) is 46.1 Å². The van der Waals surface area contributed by atoms with Crippen LogP contribution in [0.15, 0.2) is 53.4 Å². The van der Waals surface area contributed by atoms with Crippen LogP contribution in [0.25, 0.3) is 17.2 Å². The van der Waals surface area contributed by atoms with Gasteiger partial charge in [-0.05, 0) is 67.5 Å². The first kappa shape index (κ1) is 39.1. The minimum Gasteiger partial charge on any atom is -0.368 e. The van der Waals surface area contributed by atoms with Crippen LogP contribution in [0.3, 0.4) is 0 Å². The molecular formula is C41H46N12O6. The Morgan fingerprint density at radius 2 is 1.81 bits per heavy atom. The van der Waals surface area contributed by atoms with Gasteiger partial charge < -0.3 is 29.9 Å². The number of nitrogens with zero attached hydrogens (tertiary/aromatic N) is 9. The summed E-state index contributed by atoms with van der Waals surface area (Å²) in [5.74, 6) is 0.168. The standard InChI is InChI=1S/C41H46N12O6/c1-24(2)37-30(22-42-32-13-14-44-53(32)37)46-41(58)45-27-19-25(3)36(43-21-27)38-48-34(59-49-38)7-5-4-6-8-35(55)51-17-15-50(16-18-51)28-9-10-29-26(20-28)23-52(40(29)57)31-11-12-33(54)47-39(31)56/h9-10,13-14,19-22,24,31H,4-8,11-12,15-18,23H2,1-3H3,(H2,45,46,58)(H,47,54,56). The Hall–Kier alpha value is -6.72. The van der Waals surface area contributed by atoms with E-state index in [0.29, 0.717) is 92.0 Å². The van der Waals surface area contributed by atoms with Crippen LogP contribution in [0.5, 0.6) is 0 Å². The van der Waals surface area contributed by atoms with Gasteiger partial charge in [-0.15, -0.1) is 0 Å². The van der Waals surface area contributed by atoms with Crippen LogP contribution in [0.1, 0.15) is 91.4 Å². The summed E-state index contributed by atoms with van der Waals surface area (Å²) in [6.45, 7) is 8.82. The molecule has 0 saturated carbocycles. The largest absolute Gasteiger partial charge is 0.368 e. The fourth-order valence-electron chi connectivity index (χ4n) is 8.02. The lowest BCUT2D eigenvalue weighted by Gasteiger charge is -2.36. The fraction of sp³-hybridized carbons (Fsp3) is 0.415. The lowest BCUT2D eigenvalue weighted by atomic mass is 10.0. The SMILES string of the molecule is Cc1cc(NC(=O)Nc2cnc3ccnn3c2C(C)C)cnc1-c1noc(CCCCCC(=O)N2CCN(c3ccc4c(c3)CN(C3CCC(=O)NC3=O)C4=O)CC2)n1. The average molecular weight is 803 g/mol. The minimum atomic E-state index is -0.643. The quantitative estimate of drug-likeness (QED) is 0.118. The number of rotatable bonds is 12. The van der Waals surface area contributed by atoms with Crippen LogP contribution in [-0.2, 0) is 27.3 Å². The van der Waals surface area contributed by atoms with Crippen LogP contribution >= 0.6 is 0 Å². The number of imide groups is 1. The number of nitrogens with one attached hydrogen (secondary N) is 3. The maximum atomic E-state index is 13.1. The zero-order chi connectivity index (χ0) is 41.2. The molecule has 18 nitrogen and oxygen atoms in total. The van der Waals surface area contributed by atoms with Crippen molar-refractivity contribution in [1.29, 1.82) is 0 Å². The second-order valence-corrected chi connectivity index (χ2v) is 15.5. The van der Waals surface area contributed by atoms with Crippen LogP contribution in [-0.4, -0.2) is 101 Å². The highest BCUT2D eigenvalue weighted by molar-refractivity contribution is 6.05. The van der Waals surface area contributed by atoms with E-state index >= 15 is 0 Å². The van der Waals surface area contributed by atoms with Crippen LogP contribution in [0.2, 0.25) is 0 Å². The topological polar surface area (TPSA) is 213 Å². The van der Waals surface area contributed by atoms with Gasteiger partial charge in [-0.1, -0.05) is 25.4 Å². The highest BCUT2D eigenvalue weighted by atomic mass is 16.5. The molecule has 1 unspecified atom stereocenters. The number of pyridine rings is 1. The second-order valence-electron chi connectivity index (χ2n) is 15.5. The summed E-state index contributed by atoms with van der Waals surface area (Å²) in [6, 6.07) is 8.27. The maximum Gasteiger partial charge on any atom is 0.323 e. The Morgan fingerprint density at radius 3 is 2.59 bits per heavy atom. The van der Waals surface area contributed by atoms with Crippen molar-refractivity contribution in [3.05, 3.63) is 77.2 Å². The van der Waals surface area contributed by atoms with Gasteiger partial charge in [-0.2, -0.15) is 10.1 Å². The summed E-state index contributed by atoms with van der Waals surface area (Å²) in [5.41, 5.74) is 6.35. The van der Waals surface area contributed by atoms with E-state index in [0.717, 1.165) is 41.8 Å². The first-order chi connectivity index (χ1) is 28.5. The van der Waals surface area contributed by atoms with E-state index in [1.54, 1.807) is 34.1 Å². The van der Waals surface area contributed by atoms with Crippen LogP contribution < -0.4 is 20.9 Å². The fourth-order valence-corrected chi connectivity index (χ4v) is 8.02. The lowest BCUT2D eigenvalue weighted by molar-refractivity contribution is -0.137. The Balaban J connectivity index is 0.754. The van der Waals surface area contributed by atoms with E-state index in [1.807, 2.05) is 49.9 Å². The number of piperidine rings is 1. The molecule has 1 atom stereocenters. The van der Waals surface area contributed by atoms with Gasteiger partial charge in [0.1, 0.15) is 11.7 Å². The second kappa shape index (κ2) is 16.6. The van der Waals surface area contributed by atoms with Crippen molar-refractivity contribution in [1.82, 2.24) is 44.8 Å². The third kappa shape index (κ3) is 8.33. The van der Waals surface area contributed by atoms with E-state index in [4.69, 9.17) is 4.52 Å². The molecule has 306 valence electrons. The third-order valence-electron chi connectivity index (χ3n) is 11.0. The number of benzene rings is 1. The molecule has 0 bridgehead atoms. The van der Waals surface area contributed by atoms with Gasteiger partial charge in [0.05, 0.1) is 35.7 Å². The molecule has 3 N–H and O–H groups in total. The van der Waals surface area contributed by atoms with Gasteiger partial charge in [-0.25, -0.2) is 14.3 Å². The number of piperazine rings is 1. The number of carbonyl (C=O) groups excluding carboxylic acids is 5. The average Bonchev–Trinajstić information content (AvgIpc) is 3.97. The highest BCUT2D eigenvalue weighted by Crippen LogP contribution is 2.31. The number of aryl methyl sites for hydroxylation is 2. The van der Waals surface area contributed by atoms with Crippen molar-refractivity contribution < 1.29 is 28.5 Å². The molecular weight excluding hydrogens is 757 g/mol. The van der Waals surface area contributed by atoms with Gasteiger partial charge in [0.25, 0.3) is 5.91 Å². The van der Waals surface area contributed by atoms with Gasteiger partial charge in [-0.3, -0.25) is 29.5 Å². The Bertz CT molecular complexity index is 2430. The maximum absolute atomic E-state index is 13.1. The van der Waals surface area contributed by atoms with Gasteiger partial charge in [0.2, 0.25) is 29.4 Å². The molecule has 4 aromatic heterocycles. The zero-order valence-electron chi connectivity index (χ0n) is 33.2. The lowest BCUT2D eigenvalue weighted by Crippen LogP contribution is -2.52. The molecule has 8 rings (SSSR count). The number of hydrogen-bond donors (Lipinski definition) is 3. The summed E-state index contributed by atoms with van der Waals surface area (Å²) in [7, 11) is 0. The number of hydrogen-bond acceptors (Lipinski definition) is 12. The molecule has 0 aliphatic carbocycles. The number of fused-ring (bicyclic) bond motifs is 2. The van der Waals surface area contributed by atoms with Crippen molar-refractivity contribution in [2.75, 3.05) is 41.7 Å². The molecule has 6 amide bonds. The Morgan fingerprint density at radius 1 is 0.983 bits per heavy atom. The van der Waals surface area contributed by atoms with E-state index < -0.39 is 18.0 Å². The number of urea groups is 1.